The van der Waals surface area contributed by atoms with E-state index in [0.717, 1.165) is 0 Å². The van der Waals surface area contributed by atoms with E-state index in [1.807, 2.05) is 0 Å². The molecule has 27 heavy (non-hydrogen) atoms. The Hall–Kier alpha value is -3.44. The summed E-state index contributed by atoms with van der Waals surface area (Å²) in [5, 5.41) is 3.47. The number of anilines is 1. The predicted molar refractivity (Wildman–Crippen MR) is 88.8 cm³/mol. The molecule has 1 aliphatic rings. The molecule has 1 aliphatic heterocycles. The molecule has 0 saturated carbocycles. The number of nitrogens with two attached hydrogens (primary N) is 1. The van der Waals surface area contributed by atoms with E-state index >= 15 is 0 Å². The van der Waals surface area contributed by atoms with Crippen LogP contribution in [0.4, 0.5) is 5.82 Å². The molecule has 13 nitrogen and oxygen atoms in total. The van der Waals surface area contributed by atoms with Crippen LogP contribution >= 0.6 is 0 Å². The zero-order chi connectivity index (χ0) is 19.6. The molecule has 0 aromatic carbocycles. The quantitative estimate of drug-likeness (QED) is 0.336. The normalized spacial score (nSPS) is 24.4. The summed E-state index contributed by atoms with van der Waals surface area (Å²) in [6.45, 7) is 2.30. The number of nitrogens with zero attached hydrogens (tertiary/aromatic N) is 7. The first-order chi connectivity index (χ1) is 12.9. The standard InChI is InChI=1S/C14H16N8O5/c1-6(23)25-10-8(3-20-21-16)27-14(11(10)26-7(2)24)22-5-19-9-12(15)17-4-18-13(9)22/h4-5,8,10-11,14H,3H2,1-2H3,(H2,15,17,18)/t8-,10-,11-,14-/m1/s1. The molecule has 1 saturated heterocycles. The summed E-state index contributed by atoms with van der Waals surface area (Å²) < 4.78 is 18.0. The summed E-state index contributed by atoms with van der Waals surface area (Å²) in [5.41, 5.74) is 15.1. The van der Waals surface area contributed by atoms with Crippen molar-refractivity contribution in [3.8, 4) is 0 Å². The van der Waals surface area contributed by atoms with Gasteiger partial charge in [-0.05, 0) is 5.53 Å². The minimum Gasteiger partial charge on any atom is -0.456 e. The highest BCUT2D eigenvalue weighted by Gasteiger charge is 2.50. The zero-order valence-corrected chi connectivity index (χ0v) is 14.4. The van der Waals surface area contributed by atoms with Crippen LogP contribution in [0.15, 0.2) is 17.8 Å². The number of nitrogen functional groups attached to an aromatic ring is 1. The smallest absolute Gasteiger partial charge is 0.303 e. The van der Waals surface area contributed by atoms with Crippen LogP contribution in [0.5, 0.6) is 0 Å². The van der Waals surface area contributed by atoms with Crippen LogP contribution in [0, 0.1) is 0 Å². The fourth-order valence-corrected chi connectivity index (χ4v) is 2.90. The SMILES string of the molecule is CC(=O)O[C@@H]1[C@H](OC(C)=O)[C@@H](CN=[N+]=[N-])O[C@H]1n1cnc2c(N)ncnc21. The van der Waals surface area contributed by atoms with Crippen molar-refractivity contribution < 1.29 is 23.8 Å². The molecule has 0 amide bonds. The third-order valence-electron chi connectivity index (χ3n) is 3.88. The highest BCUT2D eigenvalue weighted by molar-refractivity contribution is 5.81. The van der Waals surface area contributed by atoms with Gasteiger partial charge in [0.05, 0.1) is 12.9 Å². The minimum absolute atomic E-state index is 0.132. The van der Waals surface area contributed by atoms with E-state index in [9.17, 15) is 9.59 Å². The molecule has 0 bridgehead atoms. The zero-order valence-electron chi connectivity index (χ0n) is 14.4. The lowest BCUT2D eigenvalue weighted by Crippen LogP contribution is -2.39. The first-order valence-electron chi connectivity index (χ1n) is 7.86. The summed E-state index contributed by atoms with van der Waals surface area (Å²) in [6.07, 6.45) is -1.12. The molecule has 13 heteroatoms. The molecule has 2 N–H and O–H groups in total. The molecule has 3 heterocycles. The van der Waals surface area contributed by atoms with Crippen molar-refractivity contribution in [1.29, 1.82) is 0 Å². The van der Waals surface area contributed by atoms with E-state index in [-0.39, 0.29) is 12.4 Å². The first-order valence-corrected chi connectivity index (χ1v) is 7.86. The summed E-state index contributed by atoms with van der Waals surface area (Å²) in [5.74, 6) is -1.04. The lowest BCUT2D eigenvalue weighted by Gasteiger charge is -2.23. The number of fused-ring (bicyclic) bond motifs is 1. The van der Waals surface area contributed by atoms with Crippen LogP contribution in [-0.4, -0.2) is 56.3 Å². The van der Waals surface area contributed by atoms with Gasteiger partial charge in [-0.25, -0.2) is 15.0 Å². The predicted octanol–water partition coefficient (Wildman–Crippen LogP) is 0.480. The Morgan fingerprint density at radius 1 is 1.30 bits per heavy atom. The highest BCUT2D eigenvalue weighted by atomic mass is 16.6. The molecule has 142 valence electrons. The summed E-state index contributed by atoms with van der Waals surface area (Å²) in [4.78, 5) is 38.0. The minimum atomic E-state index is -1.01. The van der Waals surface area contributed by atoms with E-state index in [1.165, 1.54) is 31.1 Å². The number of imidazole rings is 1. The number of esters is 2. The van der Waals surface area contributed by atoms with Crippen molar-refractivity contribution in [3.63, 3.8) is 0 Å². The number of carbonyl (C=O) groups excluding carboxylic acids is 2. The second kappa shape index (κ2) is 7.43. The third kappa shape index (κ3) is 3.59. The fraction of sp³-hybridized carbons (Fsp3) is 0.500. The number of hydrogen-bond acceptors (Lipinski definition) is 10. The monoisotopic (exact) mass is 376 g/mol. The van der Waals surface area contributed by atoms with Crippen LogP contribution in [0.2, 0.25) is 0 Å². The van der Waals surface area contributed by atoms with Crippen LogP contribution in [0.3, 0.4) is 0 Å². The van der Waals surface area contributed by atoms with Gasteiger partial charge in [0.25, 0.3) is 0 Å². The molecule has 2 aromatic rings. The number of carbonyl (C=O) groups is 2. The second-order valence-electron chi connectivity index (χ2n) is 5.71. The number of azide groups is 1. The molecule has 0 unspecified atom stereocenters. The molecule has 3 rings (SSSR count). The average Bonchev–Trinajstić information content (AvgIpc) is 3.16. The van der Waals surface area contributed by atoms with Gasteiger partial charge in [0, 0.05) is 18.8 Å². The topological polar surface area (TPSA) is 180 Å². The molecule has 2 aromatic heterocycles. The van der Waals surface area contributed by atoms with Crippen LogP contribution in [0.1, 0.15) is 20.1 Å². The maximum atomic E-state index is 11.6. The summed E-state index contributed by atoms with van der Waals surface area (Å²) in [6, 6.07) is 0. The summed E-state index contributed by atoms with van der Waals surface area (Å²) >= 11 is 0. The maximum Gasteiger partial charge on any atom is 0.303 e. The van der Waals surface area contributed by atoms with Crippen molar-refractivity contribution in [2.75, 3.05) is 12.3 Å². The Bertz CT molecular complexity index is 923. The van der Waals surface area contributed by atoms with Gasteiger partial charge in [-0.15, -0.1) is 0 Å². The van der Waals surface area contributed by atoms with E-state index in [1.54, 1.807) is 0 Å². The van der Waals surface area contributed by atoms with Crippen LogP contribution < -0.4 is 5.73 Å². The van der Waals surface area contributed by atoms with Crippen molar-refractivity contribution in [2.24, 2.45) is 5.11 Å². The van der Waals surface area contributed by atoms with E-state index in [0.29, 0.717) is 11.2 Å². The number of aromatic nitrogens is 4. The van der Waals surface area contributed by atoms with E-state index in [4.69, 9.17) is 25.5 Å². The van der Waals surface area contributed by atoms with Crippen LogP contribution in [0.25, 0.3) is 21.6 Å². The average molecular weight is 376 g/mol. The van der Waals surface area contributed by atoms with Gasteiger partial charge >= 0.3 is 11.9 Å². The Balaban J connectivity index is 2.04. The molecular formula is C14H16N8O5. The molecule has 0 spiro atoms. The fourth-order valence-electron chi connectivity index (χ4n) is 2.90. The Morgan fingerprint density at radius 2 is 2.00 bits per heavy atom. The van der Waals surface area contributed by atoms with Gasteiger partial charge in [-0.3, -0.25) is 14.2 Å². The first kappa shape index (κ1) is 18.4. The molecule has 4 atom stereocenters. The Kier molecular flexibility index (Phi) is 5.05. The van der Waals surface area contributed by atoms with Crippen molar-refractivity contribution in [1.82, 2.24) is 19.5 Å². The molecule has 1 fully saturated rings. The largest absolute Gasteiger partial charge is 0.456 e. The molecular weight excluding hydrogens is 360 g/mol. The van der Waals surface area contributed by atoms with Gasteiger partial charge in [0.2, 0.25) is 0 Å². The number of rotatable bonds is 5. The van der Waals surface area contributed by atoms with Crippen molar-refractivity contribution >= 4 is 28.9 Å². The van der Waals surface area contributed by atoms with Gasteiger partial charge in [0.1, 0.15) is 17.9 Å². The highest BCUT2D eigenvalue weighted by Crippen LogP contribution is 2.36. The Labute approximate surface area is 152 Å². The second-order valence-corrected chi connectivity index (χ2v) is 5.71. The lowest BCUT2D eigenvalue weighted by atomic mass is 10.1. The van der Waals surface area contributed by atoms with Gasteiger partial charge in [-0.2, -0.15) is 0 Å². The molecule has 0 aliphatic carbocycles. The number of ether oxygens (including phenoxy) is 3. The van der Waals surface area contributed by atoms with Gasteiger partial charge in [0.15, 0.2) is 29.9 Å². The van der Waals surface area contributed by atoms with Gasteiger partial charge < -0.3 is 19.9 Å². The maximum absolute atomic E-state index is 11.6. The van der Waals surface area contributed by atoms with Crippen molar-refractivity contribution in [3.05, 3.63) is 23.1 Å². The summed E-state index contributed by atoms with van der Waals surface area (Å²) in [7, 11) is 0. The lowest BCUT2D eigenvalue weighted by molar-refractivity contribution is -0.165. The van der Waals surface area contributed by atoms with Crippen molar-refractivity contribution in [2.45, 2.75) is 38.4 Å². The molecule has 0 radical (unpaired) electrons. The Morgan fingerprint density at radius 3 is 2.67 bits per heavy atom. The van der Waals surface area contributed by atoms with E-state index in [2.05, 4.69) is 25.0 Å². The third-order valence-corrected chi connectivity index (χ3v) is 3.88. The number of hydrogen-bond donors (Lipinski definition) is 1. The van der Waals surface area contributed by atoms with E-state index < -0.39 is 36.5 Å². The van der Waals surface area contributed by atoms with Gasteiger partial charge in [-0.1, -0.05) is 5.11 Å². The van der Waals surface area contributed by atoms with Crippen LogP contribution in [-0.2, 0) is 23.8 Å².